The fraction of sp³-hybridized carbons (Fsp3) is 0.400. The number of carbonyl (C=O) groups is 1. The first-order valence-corrected chi connectivity index (χ1v) is 6.96. The summed E-state index contributed by atoms with van der Waals surface area (Å²) in [6, 6.07) is 3.65. The van der Waals surface area contributed by atoms with Gasteiger partial charge in [-0.25, -0.2) is 4.79 Å². The van der Waals surface area contributed by atoms with Crippen LogP contribution in [-0.4, -0.2) is 32.0 Å². The van der Waals surface area contributed by atoms with Crippen LogP contribution in [0.3, 0.4) is 0 Å². The molecule has 2 heterocycles. The second-order valence-electron chi connectivity index (χ2n) is 5.13. The number of nitrogens with two attached hydrogens (primary N) is 1. The average molecular weight is 289 g/mol. The fourth-order valence-electron chi connectivity index (χ4n) is 2.85. The number of allylic oxidation sites excluding steroid dienone is 1. The van der Waals surface area contributed by atoms with Crippen LogP contribution in [0.15, 0.2) is 24.3 Å². The Balaban J connectivity index is 2.00. The van der Waals surface area contributed by atoms with Gasteiger partial charge in [0.1, 0.15) is 18.0 Å². The second kappa shape index (κ2) is 5.29. The molecular formula is C15H19N3O3. The molecule has 6 nitrogen and oxygen atoms in total. The first-order valence-electron chi connectivity index (χ1n) is 6.96. The van der Waals surface area contributed by atoms with Crippen molar-refractivity contribution in [3.05, 3.63) is 29.8 Å². The van der Waals surface area contributed by atoms with E-state index in [0.717, 1.165) is 17.8 Å². The van der Waals surface area contributed by atoms with Gasteiger partial charge in [0.15, 0.2) is 6.29 Å². The number of methoxy groups -OCH3 is 1. The van der Waals surface area contributed by atoms with Crippen molar-refractivity contribution in [2.24, 2.45) is 5.73 Å². The average Bonchev–Trinajstić information content (AvgIpc) is 2.83. The van der Waals surface area contributed by atoms with Crippen LogP contribution < -0.4 is 20.7 Å². The van der Waals surface area contributed by atoms with Crippen molar-refractivity contribution in [3.63, 3.8) is 0 Å². The van der Waals surface area contributed by atoms with Crippen LogP contribution in [0.4, 0.5) is 11.4 Å². The molecule has 1 aromatic rings. The highest BCUT2D eigenvalue weighted by molar-refractivity contribution is 5.95. The van der Waals surface area contributed by atoms with E-state index in [2.05, 4.69) is 16.3 Å². The van der Waals surface area contributed by atoms with Gasteiger partial charge in [-0.15, -0.1) is 0 Å². The summed E-state index contributed by atoms with van der Waals surface area (Å²) in [6.45, 7) is 2.53. The number of anilines is 2. The Kier molecular flexibility index (Phi) is 3.47. The smallest absolute Gasteiger partial charge is 0.338 e. The van der Waals surface area contributed by atoms with E-state index in [1.54, 1.807) is 12.1 Å². The van der Waals surface area contributed by atoms with E-state index in [9.17, 15) is 4.79 Å². The van der Waals surface area contributed by atoms with Crippen LogP contribution >= 0.6 is 0 Å². The van der Waals surface area contributed by atoms with Gasteiger partial charge in [0, 0.05) is 0 Å². The Labute approximate surface area is 123 Å². The predicted molar refractivity (Wildman–Crippen MR) is 80.6 cm³/mol. The number of hydrogen-bond acceptors (Lipinski definition) is 6. The molecule has 2 aliphatic heterocycles. The fourth-order valence-corrected chi connectivity index (χ4v) is 2.85. The molecule has 0 amide bonds. The zero-order valence-corrected chi connectivity index (χ0v) is 12.1. The zero-order valence-electron chi connectivity index (χ0n) is 12.1. The molecule has 3 N–H and O–H groups in total. The van der Waals surface area contributed by atoms with Gasteiger partial charge in [0.05, 0.1) is 24.4 Å². The van der Waals surface area contributed by atoms with E-state index in [4.69, 9.17) is 15.2 Å². The SMILES string of the molecule is CC=CCC1COc2cc(C(=O)OC)cc3c2N1C(N)N3. The summed E-state index contributed by atoms with van der Waals surface area (Å²) in [5.41, 5.74) is 8.38. The summed E-state index contributed by atoms with van der Waals surface area (Å²) in [5, 5.41) is 3.20. The normalized spacial score (nSPS) is 22.7. The summed E-state index contributed by atoms with van der Waals surface area (Å²) in [4.78, 5) is 13.8. The van der Waals surface area contributed by atoms with Crippen molar-refractivity contribution < 1.29 is 14.3 Å². The largest absolute Gasteiger partial charge is 0.489 e. The zero-order chi connectivity index (χ0) is 15.0. The topological polar surface area (TPSA) is 76.8 Å². The lowest BCUT2D eigenvalue weighted by Crippen LogP contribution is -2.52. The van der Waals surface area contributed by atoms with Crippen LogP contribution in [0, 0.1) is 0 Å². The molecule has 0 fully saturated rings. The molecule has 2 atom stereocenters. The third kappa shape index (κ3) is 2.21. The molecule has 0 radical (unpaired) electrons. The first-order chi connectivity index (χ1) is 10.2. The lowest BCUT2D eigenvalue weighted by atomic mass is 10.1. The van der Waals surface area contributed by atoms with Crippen molar-refractivity contribution in [2.45, 2.75) is 25.7 Å². The van der Waals surface area contributed by atoms with Crippen molar-refractivity contribution in [3.8, 4) is 5.75 Å². The number of rotatable bonds is 3. The summed E-state index contributed by atoms with van der Waals surface area (Å²) in [5.74, 6) is 0.285. The lowest BCUT2D eigenvalue weighted by molar-refractivity contribution is 0.0600. The summed E-state index contributed by atoms with van der Waals surface area (Å²) in [7, 11) is 1.36. The van der Waals surface area contributed by atoms with Gasteiger partial charge in [-0.3, -0.25) is 5.73 Å². The van der Waals surface area contributed by atoms with Crippen molar-refractivity contribution >= 4 is 17.3 Å². The third-order valence-corrected chi connectivity index (χ3v) is 3.83. The van der Waals surface area contributed by atoms with Gasteiger partial charge >= 0.3 is 5.97 Å². The van der Waals surface area contributed by atoms with Crippen LogP contribution in [0.1, 0.15) is 23.7 Å². The number of hydrogen-bond donors (Lipinski definition) is 2. The summed E-state index contributed by atoms with van der Waals surface area (Å²) >= 11 is 0. The number of carbonyl (C=O) groups excluding carboxylic acids is 1. The van der Waals surface area contributed by atoms with Crippen LogP contribution in [0.5, 0.6) is 5.75 Å². The monoisotopic (exact) mass is 289 g/mol. The van der Waals surface area contributed by atoms with E-state index in [1.807, 2.05) is 13.0 Å². The molecule has 0 aliphatic carbocycles. The highest BCUT2D eigenvalue weighted by Gasteiger charge is 2.38. The number of nitrogens with zero attached hydrogens (tertiary/aromatic N) is 1. The summed E-state index contributed by atoms with van der Waals surface area (Å²) in [6.07, 6.45) is 4.67. The molecule has 2 aliphatic rings. The highest BCUT2D eigenvalue weighted by Crippen LogP contribution is 2.46. The van der Waals surface area contributed by atoms with E-state index in [0.29, 0.717) is 17.9 Å². The molecule has 6 heteroatoms. The van der Waals surface area contributed by atoms with Crippen LogP contribution in [0.25, 0.3) is 0 Å². The third-order valence-electron chi connectivity index (χ3n) is 3.83. The molecule has 0 aromatic heterocycles. The molecule has 3 rings (SSSR count). The maximum atomic E-state index is 11.7. The van der Waals surface area contributed by atoms with Gasteiger partial charge in [0.2, 0.25) is 0 Å². The molecule has 0 saturated heterocycles. The molecule has 0 saturated carbocycles. The maximum absolute atomic E-state index is 11.7. The van der Waals surface area contributed by atoms with Gasteiger partial charge in [-0.2, -0.15) is 0 Å². The van der Waals surface area contributed by atoms with Gasteiger partial charge in [-0.05, 0) is 25.5 Å². The summed E-state index contributed by atoms with van der Waals surface area (Å²) < 4.78 is 10.6. The minimum absolute atomic E-state index is 0.182. The molecule has 2 unspecified atom stereocenters. The van der Waals surface area contributed by atoms with E-state index < -0.39 is 0 Å². The second-order valence-corrected chi connectivity index (χ2v) is 5.13. The highest BCUT2D eigenvalue weighted by atomic mass is 16.5. The Hall–Kier alpha value is -2.21. The molecule has 0 bridgehead atoms. The van der Waals surface area contributed by atoms with E-state index >= 15 is 0 Å². The molecular weight excluding hydrogens is 270 g/mol. The van der Waals surface area contributed by atoms with E-state index in [1.165, 1.54) is 7.11 Å². The van der Waals surface area contributed by atoms with Crippen molar-refractivity contribution in [1.29, 1.82) is 0 Å². The van der Waals surface area contributed by atoms with Crippen LogP contribution in [-0.2, 0) is 4.74 Å². The minimum Gasteiger partial charge on any atom is -0.489 e. The van der Waals surface area contributed by atoms with Gasteiger partial charge < -0.3 is 19.7 Å². The molecule has 112 valence electrons. The Morgan fingerprint density at radius 2 is 2.43 bits per heavy atom. The number of ether oxygens (including phenoxy) is 2. The van der Waals surface area contributed by atoms with Crippen molar-refractivity contribution in [2.75, 3.05) is 23.9 Å². The first kappa shape index (κ1) is 13.8. The Bertz CT molecular complexity index is 600. The van der Waals surface area contributed by atoms with Gasteiger partial charge in [0.25, 0.3) is 0 Å². The minimum atomic E-state index is -0.387. The van der Waals surface area contributed by atoms with Crippen LogP contribution in [0.2, 0.25) is 0 Å². The molecule has 0 spiro atoms. The maximum Gasteiger partial charge on any atom is 0.338 e. The Morgan fingerprint density at radius 1 is 1.62 bits per heavy atom. The van der Waals surface area contributed by atoms with E-state index in [-0.39, 0.29) is 18.3 Å². The number of nitrogens with one attached hydrogen (secondary N) is 1. The molecule has 21 heavy (non-hydrogen) atoms. The predicted octanol–water partition coefficient (Wildman–Crippen LogP) is 1.67. The quantitative estimate of drug-likeness (QED) is 0.651. The molecule has 1 aromatic carbocycles. The van der Waals surface area contributed by atoms with Crippen molar-refractivity contribution in [1.82, 2.24) is 0 Å². The van der Waals surface area contributed by atoms with Gasteiger partial charge in [-0.1, -0.05) is 12.2 Å². The number of esters is 1. The Morgan fingerprint density at radius 3 is 3.14 bits per heavy atom. The lowest BCUT2D eigenvalue weighted by Gasteiger charge is -2.37. The standard InChI is InChI=1S/C15H19N3O3/c1-3-4-5-10-8-21-12-7-9(14(19)20-2)6-11-13(12)18(10)15(16)17-11/h3-4,6-7,10,15,17H,5,8,16H2,1-2H3. The number of benzene rings is 1.